The number of benzene rings is 1. The molecule has 0 radical (unpaired) electrons. The van der Waals surface area contributed by atoms with Crippen LogP contribution in [0.4, 0.5) is 0 Å². The van der Waals surface area contributed by atoms with Gasteiger partial charge in [0.25, 0.3) is 0 Å². The Morgan fingerprint density at radius 1 is 0.952 bits per heavy atom. The van der Waals surface area contributed by atoms with Gasteiger partial charge in [-0.25, -0.2) is 0 Å². The maximum Gasteiger partial charge on any atom is 0.123 e. The van der Waals surface area contributed by atoms with E-state index in [9.17, 15) is 0 Å². The average molecular weight is 293 g/mol. The number of hydrogen-bond acceptors (Lipinski definition) is 3. The van der Waals surface area contributed by atoms with Crippen molar-refractivity contribution in [1.82, 2.24) is 0 Å². The second kappa shape index (κ2) is 10.5. The van der Waals surface area contributed by atoms with Gasteiger partial charge in [-0.05, 0) is 24.6 Å². The molecule has 3 heteroatoms. The van der Waals surface area contributed by atoms with Crippen LogP contribution < -0.4 is 15.2 Å². The Bertz CT molecular complexity index is 393. The second-order valence-electron chi connectivity index (χ2n) is 5.62. The summed E-state index contributed by atoms with van der Waals surface area (Å²) in [7, 11) is 3.36. The van der Waals surface area contributed by atoms with Crippen molar-refractivity contribution in [2.24, 2.45) is 5.73 Å². The highest BCUT2D eigenvalue weighted by Crippen LogP contribution is 2.30. The van der Waals surface area contributed by atoms with Crippen LogP contribution in [0.5, 0.6) is 11.5 Å². The van der Waals surface area contributed by atoms with E-state index in [0.717, 1.165) is 23.5 Å². The summed E-state index contributed by atoms with van der Waals surface area (Å²) in [5.74, 6) is 1.69. The van der Waals surface area contributed by atoms with Gasteiger partial charge in [0.2, 0.25) is 0 Å². The lowest BCUT2D eigenvalue weighted by Crippen LogP contribution is -2.11. The highest BCUT2D eigenvalue weighted by Gasteiger charge is 2.13. The summed E-state index contributed by atoms with van der Waals surface area (Å²) in [6.07, 6.45) is 10.1. The lowest BCUT2D eigenvalue weighted by molar-refractivity contribution is 0.393. The van der Waals surface area contributed by atoms with Gasteiger partial charge in [0.15, 0.2) is 0 Å². The van der Waals surface area contributed by atoms with Crippen LogP contribution in [0.2, 0.25) is 0 Å². The van der Waals surface area contributed by atoms with E-state index < -0.39 is 0 Å². The highest BCUT2D eigenvalue weighted by molar-refractivity contribution is 5.42. The fourth-order valence-corrected chi connectivity index (χ4v) is 2.61. The van der Waals surface area contributed by atoms with E-state index in [2.05, 4.69) is 6.92 Å². The summed E-state index contributed by atoms with van der Waals surface area (Å²) in [4.78, 5) is 0. The fourth-order valence-electron chi connectivity index (χ4n) is 2.61. The first kappa shape index (κ1) is 17.8. The fraction of sp³-hybridized carbons (Fsp3) is 0.667. The van der Waals surface area contributed by atoms with Crippen LogP contribution in [-0.4, -0.2) is 14.2 Å². The molecular formula is C18H31NO2. The largest absolute Gasteiger partial charge is 0.497 e. The van der Waals surface area contributed by atoms with Gasteiger partial charge in [-0.15, -0.1) is 0 Å². The third-order valence-electron chi connectivity index (χ3n) is 3.96. The van der Waals surface area contributed by atoms with E-state index >= 15 is 0 Å². The first-order chi connectivity index (χ1) is 10.2. The maximum atomic E-state index is 6.32. The normalized spacial score (nSPS) is 12.2. The molecule has 3 nitrogen and oxygen atoms in total. The van der Waals surface area contributed by atoms with Crippen LogP contribution in [0.15, 0.2) is 18.2 Å². The zero-order valence-corrected chi connectivity index (χ0v) is 13.9. The molecule has 0 aliphatic carbocycles. The van der Waals surface area contributed by atoms with Crippen molar-refractivity contribution >= 4 is 0 Å². The molecule has 1 aromatic rings. The van der Waals surface area contributed by atoms with E-state index in [1.54, 1.807) is 14.2 Å². The molecule has 21 heavy (non-hydrogen) atoms. The van der Waals surface area contributed by atoms with Crippen LogP contribution in [0.1, 0.15) is 69.9 Å². The summed E-state index contributed by atoms with van der Waals surface area (Å²) < 4.78 is 10.7. The zero-order chi connectivity index (χ0) is 15.5. The molecule has 0 amide bonds. The molecule has 0 saturated carbocycles. The van der Waals surface area contributed by atoms with Gasteiger partial charge >= 0.3 is 0 Å². The van der Waals surface area contributed by atoms with E-state index in [4.69, 9.17) is 15.2 Å². The lowest BCUT2D eigenvalue weighted by atomic mass is 9.99. The molecule has 1 rings (SSSR count). The van der Waals surface area contributed by atoms with Gasteiger partial charge in [0.1, 0.15) is 11.5 Å². The molecule has 1 unspecified atom stereocenters. The van der Waals surface area contributed by atoms with Crippen LogP contribution >= 0.6 is 0 Å². The molecule has 0 bridgehead atoms. The Morgan fingerprint density at radius 2 is 1.62 bits per heavy atom. The van der Waals surface area contributed by atoms with Crippen LogP contribution in [0.25, 0.3) is 0 Å². The van der Waals surface area contributed by atoms with E-state index in [0.29, 0.717) is 0 Å². The molecule has 0 fully saturated rings. The van der Waals surface area contributed by atoms with Gasteiger partial charge in [-0.1, -0.05) is 51.9 Å². The third-order valence-corrected chi connectivity index (χ3v) is 3.96. The van der Waals surface area contributed by atoms with Crippen molar-refractivity contribution in [2.45, 2.75) is 64.3 Å². The predicted molar refractivity (Wildman–Crippen MR) is 89.1 cm³/mol. The summed E-state index contributed by atoms with van der Waals surface area (Å²) in [5, 5.41) is 0. The van der Waals surface area contributed by atoms with Crippen molar-refractivity contribution in [2.75, 3.05) is 14.2 Å². The highest BCUT2D eigenvalue weighted by atomic mass is 16.5. The predicted octanol–water partition coefficient (Wildman–Crippen LogP) is 4.84. The monoisotopic (exact) mass is 293 g/mol. The Balaban J connectivity index is 2.38. The first-order valence-electron chi connectivity index (χ1n) is 8.20. The molecule has 0 spiro atoms. The average Bonchev–Trinajstić information content (AvgIpc) is 2.53. The molecule has 2 N–H and O–H groups in total. The number of nitrogens with two attached hydrogens (primary N) is 1. The molecule has 0 aromatic heterocycles. The van der Waals surface area contributed by atoms with Gasteiger partial charge in [-0.3, -0.25) is 0 Å². The number of ether oxygens (including phenoxy) is 2. The van der Waals surface area contributed by atoms with E-state index in [1.165, 1.54) is 44.9 Å². The minimum Gasteiger partial charge on any atom is -0.497 e. The molecule has 1 atom stereocenters. The maximum absolute atomic E-state index is 6.32. The summed E-state index contributed by atoms with van der Waals surface area (Å²) in [5.41, 5.74) is 7.37. The Morgan fingerprint density at radius 3 is 2.24 bits per heavy atom. The molecular weight excluding hydrogens is 262 g/mol. The van der Waals surface area contributed by atoms with E-state index in [-0.39, 0.29) is 6.04 Å². The van der Waals surface area contributed by atoms with E-state index in [1.807, 2.05) is 18.2 Å². The molecule has 0 saturated heterocycles. The summed E-state index contributed by atoms with van der Waals surface area (Å²) in [6.45, 7) is 2.25. The first-order valence-corrected chi connectivity index (χ1v) is 8.20. The quantitative estimate of drug-likeness (QED) is 0.593. The minimum atomic E-state index is 0.0192. The van der Waals surface area contributed by atoms with Crippen molar-refractivity contribution < 1.29 is 9.47 Å². The van der Waals surface area contributed by atoms with Crippen LogP contribution in [-0.2, 0) is 0 Å². The Hall–Kier alpha value is -1.22. The number of hydrogen-bond donors (Lipinski definition) is 1. The van der Waals surface area contributed by atoms with Gasteiger partial charge in [0.05, 0.1) is 14.2 Å². The molecule has 0 aliphatic heterocycles. The summed E-state index contributed by atoms with van der Waals surface area (Å²) >= 11 is 0. The summed E-state index contributed by atoms with van der Waals surface area (Å²) in [6, 6.07) is 5.84. The number of unbranched alkanes of at least 4 members (excludes halogenated alkanes) is 6. The van der Waals surface area contributed by atoms with Crippen molar-refractivity contribution in [3.8, 4) is 11.5 Å². The smallest absolute Gasteiger partial charge is 0.123 e. The van der Waals surface area contributed by atoms with Gasteiger partial charge in [-0.2, -0.15) is 0 Å². The lowest BCUT2D eigenvalue weighted by Gasteiger charge is -2.16. The number of methoxy groups -OCH3 is 2. The zero-order valence-electron chi connectivity index (χ0n) is 13.9. The number of rotatable bonds is 11. The van der Waals surface area contributed by atoms with Gasteiger partial charge < -0.3 is 15.2 Å². The standard InChI is InChI=1S/C18H31NO2/c1-4-5-6-7-8-9-10-11-17(19)16-14-15(20-2)12-13-18(16)21-3/h12-14,17H,4-11,19H2,1-3H3. The minimum absolute atomic E-state index is 0.0192. The molecule has 120 valence electrons. The molecule has 0 heterocycles. The molecule has 1 aromatic carbocycles. The van der Waals surface area contributed by atoms with Crippen LogP contribution in [0, 0.1) is 0 Å². The third kappa shape index (κ3) is 6.38. The van der Waals surface area contributed by atoms with Crippen molar-refractivity contribution in [1.29, 1.82) is 0 Å². The second-order valence-corrected chi connectivity index (χ2v) is 5.62. The van der Waals surface area contributed by atoms with Gasteiger partial charge in [0, 0.05) is 11.6 Å². The SMILES string of the molecule is CCCCCCCCCC(N)c1cc(OC)ccc1OC. The molecule has 0 aliphatic rings. The van der Waals surface area contributed by atoms with Crippen molar-refractivity contribution in [3.05, 3.63) is 23.8 Å². The Labute approximate surface area is 129 Å². The van der Waals surface area contributed by atoms with Crippen molar-refractivity contribution in [3.63, 3.8) is 0 Å². The topological polar surface area (TPSA) is 44.5 Å². The van der Waals surface area contributed by atoms with Crippen LogP contribution in [0.3, 0.4) is 0 Å². The Kier molecular flexibility index (Phi) is 8.91.